The Kier molecular flexibility index (Phi) is 8.56. The Morgan fingerprint density at radius 3 is 2.75 bits per heavy atom. The molecule has 1 unspecified atom stereocenters. The molecule has 1 aliphatic heterocycles. The van der Waals surface area contributed by atoms with Crippen LogP contribution in [0.3, 0.4) is 0 Å². The van der Waals surface area contributed by atoms with E-state index in [1.165, 1.54) is 5.56 Å². The number of hydrogen-bond acceptors (Lipinski definition) is 6. The Labute approximate surface area is 190 Å². The number of carbonyl (C=O) groups is 2. The van der Waals surface area contributed by atoms with E-state index in [0.29, 0.717) is 49.9 Å². The quantitative estimate of drug-likeness (QED) is 0.572. The van der Waals surface area contributed by atoms with Gasteiger partial charge in [-0.1, -0.05) is 30.3 Å². The summed E-state index contributed by atoms with van der Waals surface area (Å²) in [4.78, 5) is 38.2. The van der Waals surface area contributed by atoms with Crippen molar-refractivity contribution in [1.82, 2.24) is 20.2 Å². The number of nitrogens with one attached hydrogen (secondary N) is 1. The van der Waals surface area contributed by atoms with E-state index in [4.69, 9.17) is 4.74 Å². The molecule has 1 atom stereocenters. The van der Waals surface area contributed by atoms with E-state index in [2.05, 4.69) is 27.4 Å². The third-order valence-electron chi connectivity index (χ3n) is 5.67. The van der Waals surface area contributed by atoms with Gasteiger partial charge in [-0.15, -0.1) is 0 Å². The summed E-state index contributed by atoms with van der Waals surface area (Å²) < 4.78 is 5.01. The van der Waals surface area contributed by atoms with Gasteiger partial charge in [0.15, 0.2) is 0 Å². The minimum Gasteiger partial charge on any atom is -0.383 e. The third kappa shape index (κ3) is 6.26. The second kappa shape index (κ2) is 11.6. The van der Waals surface area contributed by atoms with Crippen LogP contribution in [0.5, 0.6) is 0 Å². The van der Waals surface area contributed by atoms with Crippen molar-refractivity contribution in [3.8, 4) is 0 Å². The number of carbonyl (C=O) groups excluding carboxylic acids is 2. The van der Waals surface area contributed by atoms with Gasteiger partial charge in [0.2, 0.25) is 11.9 Å². The fourth-order valence-electron chi connectivity index (χ4n) is 3.91. The molecule has 1 aromatic heterocycles. The number of anilines is 1. The molecule has 2 heterocycles. The minimum atomic E-state index is -0.213. The van der Waals surface area contributed by atoms with E-state index < -0.39 is 0 Å². The van der Waals surface area contributed by atoms with Crippen LogP contribution in [-0.2, 0) is 16.0 Å². The van der Waals surface area contributed by atoms with Crippen molar-refractivity contribution in [3.05, 3.63) is 53.3 Å². The molecular weight excluding hydrogens is 406 g/mol. The average molecular weight is 440 g/mol. The summed E-state index contributed by atoms with van der Waals surface area (Å²) in [5, 5.41) is 2.85. The van der Waals surface area contributed by atoms with E-state index in [1.54, 1.807) is 13.3 Å². The van der Waals surface area contributed by atoms with Gasteiger partial charge < -0.3 is 19.9 Å². The average Bonchev–Trinajstić information content (AvgIpc) is 3.30. The summed E-state index contributed by atoms with van der Waals surface area (Å²) in [5.41, 5.74) is 2.43. The highest BCUT2D eigenvalue weighted by Crippen LogP contribution is 2.29. The summed E-state index contributed by atoms with van der Waals surface area (Å²) in [7, 11) is 5.33. The van der Waals surface area contributed by atoms with Crippen molar-refractivity contribution >= 4 is 17.8 Å². The third-order valence-corrected chi connectivity index (χ3v) is 5.67. The zero-order valence-corrected chi connectivity index (χ0v) is 19.2. The van der Waals surface area contributed by atoms with Crippen LogP contribution in [0.15, 0.2) is 36.5 Å². The first-order valence-corrected chi connectivity index (χ1v) is 11.1. The largest absolute Gasteiger partial charge is 0.383 e. The second-order valence-corrected chi connectivity index (χ2v) is 8.28. The molecule has 1 saturated heterocycles. The molecule has 1 N–H and O–H groups in total. The molecule has 1 fully saturated rings. The van der Waals surface area contributed by atoms with Gasteiger partial charge in [-0.2, -0.15) is 0 Å². The van der Waals surface area contributed by atoms with Gasteiger partial charge in [0.25, 0.3) is 5.91 Å². The Hall–Kier alpha value is -3.00. The van der Waals surface area contributed by atoms with Gasteiger partial charge >= 0.3 is 0 Å². The maximum absolute atomic E-state index is 12.8. The lowest BCUT2D eigenvalue weighted by Gasteiger charge is -2.19. The lowest BCUT2D eigenvalue weighted by molar-refractivity contribution is -0.130. The van der Waals surface area contributed by atoms with Gasteiger partial charge in [-0.25, -0.2) is 9.97 Å². The second-order valence-electron chi connectivity index (χ2n) is 8.28. The van der Waals surface area contributed by atoms with Crippen LogP contribution in [0.2, 0.25) is 0 Å². The number of hydrogen-bond donors (Lipinski definition) is 1. The molecule has 0 radical (unpaired) electrons. The van der Waals surface area contributed by atoms with Crippen molar-refractivity contribution in [1.29, 1.82) is 0 Å². The zero-order valence-electron chi connectivity index (χ0n) is 19.2. The van der Waals surface area contributed by atoms with Crippen LogP contribution in [0.25, 0.3) is 0 Å². The van der Waals surface area contributed by atoms with Crippen molar-refractivity contribution in [2.24, 2.45) is 0 Å². The van der Waals surface area contributed by atoms with Gasteiger partial charge in [0.05, 0.1) is 17.9 Å². The van der Waals surface area contributed by atoms with E-state index in [9.17, 15) is 9.59 Å². The first kappa shape index (κ1) is 23.7. The molecule has 0 bridgehead atoms. The van der Waals surface area contributed by atoms with Crippen LogP contribution >= 0.6 is 0 Å². The molecule has 1 aliphatic rings. The number of nitrogens with zero attached hydrogens (tertiary/aromatic N) is 4. The van der Waals surface area contributed by atoms with Gasteiger partial charge in [0.1, 0.15) is 0 Å². The summed E-state index contributed by atoms with van der Waals surface area (Å²) in [6, 6.07) is 10.2. The molecule has 3 rings (SSSR count). The topological polar surface area (TPSA) is 87.7 Å². The van der Waals surface area contributed by atoms with E-state index >= 15 is 0 Å². The Bertz CT molecular complexity index is 904. The maximum atomic E-state index is 12.8. The number of benzene rings is 1. The van der Waals surface area contributed by atoms with Crippen molar-refractivity contribution in [2.45, 2.75) is 31.6 Å². The smallest absolute Gasteiger partial charge is 0.254 e. The number of methoxy groups -OCH3 is 1. The molecule has 1 aromatic carbocycles. The van der Waals surface area contributed by atoms with Crippen LogP contribution < -0.4 is 10.2 Å². The monoisotopic (exact) mass is 439 g/mol. The number of amides is 2. The standard InChI is InChI=1S/C24H33N5O3/c1-28(2)24-26-16-20(23(31)25-13-15-32-3)22(27-24)19-12-14-29(17-19)21(30)11-7-10-18-8-5-4-6-9-18/h4-6,8-9,16,19H,7,10-15,17H2,1-3H3,(H,25,31). The number of aromatic nitrogens is 2. The summed E-state index contributed by atoms with van der Waals surface area (Å²) >= 11 is 0. The lowest BCUT2D eigenvalue weighted by Crippen LogP contribution is -2.31. The summed E-state index contributed by atoms with van der Waals surface area (Å²) in [6.07, 6.45) is 4.62. The minimum absolute atomic E-state index is 0.0120. The molecule has 172 valence electrons. The summed E-state index contributed by atoms with van der Waals surface area (Å²) in [6.45, 7) is 2.11. The van der Waals surface area contributed by atoms with E-state index in [0.717, 1.165) is 19.3 Å². The number of ether oxygens (including phenoxy) is 1. The first-order chi connectivity index (χ1) is 15.5. The summed E-state index contributed by atoms with van der Waals surface area (Å²) in [5.74, 6) is 0.519. The molecule has 2 amide bonds. The van der Waals surface area contributed by atoms with E-state index in [-0.39, 0.29) is 17.7 Å². The molecular formula is C24H33N5O3. The van der Waals surface area contributed by atoms with Crippen LogP contribution in [0.1, 0.15) is 46.8 Å². The maximum Gasteiger partial charge on any atom is 0.254 e. The highest BCUT2D eigenvalue weighted by Gasteiger charge is 2.31. The predicted molar refractivity (Wildman–Crippen MR) is 124 cm³/mol. The SMILES string of the molecule is COCCNC(=O)c1cnc(N(C)C)nc1C1CCN(C(=O)CCCc2ccccc2)C1. The zero-order chi connectivity index (χ0) is 22.9. The van der Waals surface area contributed by atoms with Crippen molar-refractivity contribution in [2.75, 3.05) is 52.3 Å². The molecule has 0 saturated carbocycles. The van der Waals surface area contributed by atoms with Gasteiger partial charge in [-0.3, -0.25) is 9.59 Å². The van der Waals surface area contributed by atoms with Crippen molar-refractivity contribution < 1.29 is 14.3 Å². The van der Waals surface area contributed by atoms with Gasteiger partial charge in [-0.05, 0) is 24.8 Å². The Balaban J connectivity index is 1.64. The molecule has 8 heteroatoms. The molecule has 32 heavy (non-hydrogen) atoms. The fraction of sp³-hybridized carbons (Fsp3) is 0.500. The van der Waals surface area contributed by atoms with Crippen LogP contribution in [-0.4, -0.2) is 74.1 Å². The number of aryl methyl sites for hydroxylation is 1. The molecule has 8 nitrogen and oxygen atoms in total. The predicted octanol–water partition coefficient (Wildman–Crippen LogP) is 2.26. The first-order valence-electron chi connectivity index (χ1n) is 11.1. The normalized spacial score (nSPS) is 15.6. The Morgan fingerprint density at radius 1 is 1.25 bits per heavy atom. The van der Waals surface area contributed by atoms with Gasteiger partial charge in [0, 0.05) is 59.4 Å². The Morgan fingerprint density at radius 2 is 2.03 bits per heavy atom. The van der Waals surface area contributed by atoms with Crippen LogP contribution in [0.4, 0.5) is 5.95 Å². The molecule has 0 spiro atoms. The number of likely N-dealkylation sites (tertiary alicyclic amines) is 1. The van der Waals surface area contributed by atoms with E-state index in [1.807, 2.05) is 42.1 Å². The number of rotatable bonds is 10. The fourth-order valence-corrected chi connectivity index (χ4v) is 3.91. The molecule has 2 aromatic rings. The highest BCUT2D eigenvalue weighted by atomic mass is 16.5. The lowest BCUT2D eigenvalue weighted by atomic mass is 9.99. The molecule has 0 aliphatic carbocycles. The highest BCUT2D eigenvalue weighted by molar-refractivity contribution is 5.95. The van der Waals surface area contributed by atoms with Crippen molar-refractivity contribution in [3.63, 3.8) is 0 Å². The van der Waals surface area contributed by atoms with Crippen LogP contribution in [0, 0.1) is 0 Å².